The summed E-state index contributed by atoms with van der Waals surface area (Å²) in [7, 11) is 0. The number of hydrogen-bond donors (Lipinski definition) is 1. The highest BCUT2D eigenvalue weighted by Gasteiger charge is 2.56. The molecule has 5 nitrogen and oxygen atoms in total. The Morgan fingerprint density at radius 3 is 2.27 bits per heavy atom. The molecule has 0 aliphatic carbocycles. The van der Waals surface area contributed by atoms with Crippen molar-refractivity contribution < 1.29 is 14.7 Å². The number of carbonyl (C=O) groups is 2. The normalized spacial score (nSPS) is 25.2. The number of fused-ring (bicyclic) bond motifs is 1. The van der Waals surface area contributed by atoms with E-state index in [4.69, 9.17) is 23.2 Å². The monoisotopic (exact) mass is 454 g/mol. The Morgan fingerprint density at radius 2 is 1.65 bits per heavy atom. The molecular formula is C18H13BrCl2N2O3. The second-order valence-electron chi connectivity index (χ2n) is 6.33. The van der Waals surface area contributed by atoms with Crippen LogP contribution in [0.15, 0.2) is 46.9 Å². The Kier molecular flexibility index (Phi) is 4.47. The van der Waals surface area contributed by atoms with Crippen LogP contribution in [0.3, 0.4) is 0 Å². The molecule has 2 aliphatic rings. The smallest absolute Gasteiger partial charge is 0.332 e. The SMILES string of the molecule is O=C1[C@H]2[C@@H](c3ccc(Br)cc3)[C@H](O)CN2C(=O)N1c1cc(Cl)cc(Cl)c1. The summed E-state index contributed by atoms with van der Waals surface area (Å²) >= 11 is 15.4. The number of aliphatic hydroxyl groups is 1. The van der Waals surface area contributed by atoms with E-state index in [-0.39, 0.29) is 6.54 Å². The van der Waals surface area contributed by atoms with Crippen LogP contribution in [0.5, 0.6) is 0 Å². The molecule has 3 amide bonds. The second kappa shape index (κ2) is 6.53. The lowest BCUT2D eigenvalue weighted by Crippen LogP contribution is -2.36. The van der Waals surface area contributed by atoms with E-state index in [2.05, 4.69) is 15.9 Å². The van der Waals surface area contributed by atoms with Crippen LogP contribution < -0.4 is 4.90 Å². The largest absolute Gasteiger partial charge is 0.391 e. The van der Waals surface area contributed by atoms with Crippen LogP contribution in [0.4, 0.5) is 10.5 Å². The van der Waals surface area contributed by atoms with Crippen molar-refractivity contribution in [3.05, 3.63) is 62.5 Å². The maximum Gasteiger partial charge on any atom is 0.332 e. The zero-order chi connectivity index (χ0) is 18.6. The predicted molar refractivity (Wildman–Crippen MR) is 103 cm³/mol. The molecule has 8 heteroatoms. The van der Waals surface area contributed by atoms with E-state index in [1.165, 1.54) is 23.1 Å². The summed E-state index contributed by atoms with van der Waals surface area (Å²) in [5.74, 6) is -0.878. The number of aliphatic hydroxyl groups excluding tert-OH is 1. The van der Waals surface area contributed by atoms with Crippen molar-refractivity contribution in [3.63, 3.8) is 0 Å². The van der Waals surface area contributed by atoms with Crippen LogP contribution in [0.25, 0.3) is 0 Å². The average Bonchev–Trinajstić information content (AvgIpc) is 3.02. The predicted octanol–water partition coefficient (Wildman–Crippen LogP) is 4.05. The number of amides is 3. The fraction of sp³-hybridized carbons (Fsp3) is 0.222. The fourth-order valence-corrected chi connectivity index (χ4v) is 4.45. The molecule has 3 atom stereocenters. The van der Waals surface area contributed by atoms with E-state index in [9.17, 15) is 14.7 Å². The van der Waals surface area contributed by atoms with E-state index in [1.54, 1.807) is 0 Å². The quantitative estimate of drug-likeness (QED) is 0.695. The lowest BCUT2D eigenvalue weighted by molar-refractivity contribution is -0.119. The average molecular weight is 456 g/mol. The molecule has 2 fully saturated rings. The first-order valence-electron chi connectivity index (χ1n) is 7.91. The summed E-state index contributed by atoms with van der Waals surface area (Å²) in [5.41, 5.74) is 1.14. The number of halogens is 3. The van der Waals surface area contributed by atoms with Crippen LogP contribution >= 0.6 is 39.1 Å². The van der Waals surface area contributed by atoms with Gasteiger partial charge in [0.2, 0.25) is 0 Å². The second-order valence-corrected chi connectivity index (χ2v) is 8.11. The van der Waals surface area contributed by atoms with Crippen molar-refractivity contribution in [3.8, 4) is 0 Å². The molecular weight excluding hydrogens is 443 g/mol. The highest BCUT2D eigenvalue weighted by molar-refractivity contribution is 9.10. The number of anilines is 1. The Balaban J connectivity index is 1.73. The van der Waals surface area contributed by atoms with Gasteiger partial charge in [0.25, 0.3) is 5.91 Å². The van der Waals surface area contributed by atoms with Crippen molar-refractivity contribution in [2.24, 2.45) is 0 Å². The van der Waals surface area contributed by atoms with Gasteiger partial charge in [-0.25, -0.2) is 9.69 Å². The zero-order valence-electron chi connectivity index (χ0n) is 13.3. The molecule has 0 spiro atoms. The molecule has 2 aliphatic heterocycles. The van der Waals surface area contributed by atoms with Gasteiger partial charge in [0.05, 0.1) is 11.8 Å². The van der Waals surface area contributed by atoms with Gasteiger partial charge in [-0.15, -0.1) is 0 Å². The number of carbonyl (C=O) groups excluding carboxylic acids is 2. The summed E-state index contributed by atoms with van der Waals surface area (Å²) < 4.78 is 0.898. The summed E-state index contributed by atoms with van der Waals surface area (Å²) in [6.07, 6.45) is -0.806. The molecule has 0 aromatic heterocycles. The van der Waals surface area contributed by atoms with Crippen LogP contribution in [0.1, 0.15) is 11.5 Å². The molecule has 0 bridgehead atoms. The molecule has 4 rings (SSSR count). The zero-order valence-corrected chi connectivity index (χ0v) is 16.4. The summed E-state index contributed by atoms with van der Waals surface area (Å²) in [6, 6.07) is 10.7. The van der Waals surface area contributed by atoms with Crippen molar-refractivity contribution >= 4 is 56.8 Å². The lowest BCUT2D eigenvalue weighted by atomic mass is 9.89. The maximum atomic E-state index is 13.1. The third kappa shape index (κ3) is 2.81. The van der Waals surface area contributed by atoms with Gasteiger partial charge in [-0.05, 0) is 35.9 Å². The first kappa shape index (κ1) is 17.8. The van der Waals surface area contributed by atoms with Gasteiger partial charge < -0.3 is 10.0 Å². The summed E-state index contributed by atoms with van der Waals surface area (Å²) in [6.45, 7) is 0.0980. The number of hydrogen-bond acceptors (Lipinski definition) is 3. The molecule has 134 valence electrons. The maximum absolute atomic E-state index is 13.1. The summed E-state index contributed by atoms with van der Waals surface area (Å²) in [4.78, 5) is 28.4. The van der Waals surface area contributed by atoms with E-state index >= 15 is 0 Å². The first-order chi connectivity index (χ1) is 12.4. The van der Waals surface area contributed by atoms with Crippen LogP contribution in [-0.4, -0.2) is 40.6 Å². The molecule has 0 radical (unpaired) electrons. The number of urea groups is 1. The van der Waals surface area contributed by atoms with Gasteiger partial charge in [0.1, 0.15) is 6.04 Å². The van der Waals surface area contributed by atoms with Gasteiger partial charge in [-0.2, -0.15) is 0 Å². The van der Waals surface area contributed by atoms with Crippen LogP contribution in [0.2, 0.25) is 10.0 Å². The Bertz CT molecular complexity index is 886. The minimum absolute atomic E-state index is 0.0980. The standard InChI is InChI=1S/C18H13BrCl2N2O3/c19-10-3-1-9(2-4-10)15-14(24)8-22-16(15)17(25)23(18(22)26)13-6-11(20)5-12(21)7-13/h1-7,14-16,24H,8H2/t14-,15+,16-/m1/s1. The molecule has 0 saturated carbocycles. The molecule has 2 heterocycles. The minimum atomic E-state index is -0.806. The molecule has 2 aromatic carbocycles. The van der Waals surface area contributed by atoms with Gasteiger partial charge in [0.15, 0.2) is 0 Å². The van der Waals surface area contributed by atoms with Crippen LogP contribution in [0, 0.1) is 0 Å². The van der Waals surface area contributed by atoms with E-state index in [1.807, 2.05) is 24.3 Å². The number of nitrogens with zero attached hydrogens (tertiary/aromatic N) is 2. The Labute approximate surface area is 168 Å². The van der Waals surface area contributed by atoms with Crippen molar-refractivity contribution in [1.29, 1.82) is 0 Å². The van der Waals surface area contributed by atoms with Gasteiger partial charge >= 0.3 is 6.03 Å². The van der Waals surface area contributed by atoms with E-state index in [0.717, 1.165) is 14.9 Å². The molecule has 0 unspecified atom stereocenters. The fourth-order valence-electron chi connectivity index (χ4n) is 3.67. The number of imide groups is 1. The van der Waals surface area contributed by atoms with Crippen molar-refractivity contribution in [1.82, 2.24) is 4.90 Å². The first-order valence-corrected chi connectivity index (χ1v) is 9.46. The lowest BCUT2D eigenvalue weighted by Gasteiger charge is -2.20. The minimum Gasteiger partial charge on any atom is -0.391 e. The van der Waals surface area contributed by atoms with Crippen molar-refractivity contribution in [2.75, 3.05) is 11.4 Å². The highest BCUT2D eigenvalue weighted by atomic mass is 79.9. The van der Waals surface area contributed by atoms with E-state index < -0.39 is 30.0 Å². The third-order valence-electron chi connectivity index (χ3n) is 4.75. The molecule has 26 heavy (non-hydrogen) atoms. The van der Waals surface area contributed by atoms with Gasteiger partial charge in [-0.1, -0.05) is 51.3 Å². The van der Waals surface area contributed by atoms with E-state index in [0.29, 0.717) is 15.7 Å². The Morgan fingerprint density at radius 1 is 1.04 bits per heavy atom. The highest BCUT2D eigenvalue weighted by Crippen LogP contribution is 2.41. The number of benzene rings is 2. The molecule has 1 N–H and O–H groups in total. The van der Waals surface area contributed by atoms with Crippen LogP contribution in [-0.2, 0) is 4.79 Å². The summed E-state index contributed by atoms with van der Waals surface area (Å²) in [5, 5.41) is 11.2. The topological polar surface area (TPSA) is 60.9 Å². The van der Waals surface area contributed by atoms with Gasteiger partial charge in [0, 0.05) is 27.0 Å². The van der Waals surface area contributed by atoms with Crippen molar-refractivity contribution in [2.45, 2.75) is 18.1 Å². The molecule has 2 aromatic rings. The third-order valence-corrected chi connectivity index (χ3v) is 5.71. The number of rotatable bonds is 2. The Hall–Kier alpha value is -1.60. The van der Waals surface area contributed by atoms with Gasteiger partial charge in [-0.3, -0.25) is 4.79 Å². The molecule has 2 saturated heterocycles.